The van der Waals surface area contributed by atoms with E-state index in [0.717, 1.165) is 18.2 Å². The van der Waals surface area contributed by atoms with Crippen molar-refractivity contribution >= 4 is 31.2 Å². The summed E-state index contributed by atoms with van der Waals surface area (Å²) in [5.41, 5.74) is -0.176. The van der Waals surface area contributed by atoms with Gasteiger partial charge in [-0.25, -0.2) is 0 Å². The third kappa shape index (κ3) is 2.30. The van der Waals surface area contributed by atoms with Crippen molar-refractivity contribution in [2.24, 2.45) is 17.3 Å². The second-order valence-corrected chi connectivity index (χ2v) is 11.2. The summed E-state index contributed by atoms with van der Waals surface area (Å²) in [5.74, 6) is -0.142. The van der Waals surface area contributed by atoms with Gasteiger partial charge in [0.1, 0.15) is 0 Å². The summed E-state index contributed by atoms with van der Waals surface area (Å²) < 4.78 is 1.43. The normalized spacial score (nSPS) is 43.3. The first kappa shape index (κ1) is 17.9. The predicted molar refractivity (Wildman–Crippen MR) is 102 cm³/mol. The van der Waals surface area contributed by atoms with Crippen molar-refractivity contribution in [1.82, 2.24) is 9.96 Å². The van der Waals surface area contributed by atoms with E-state index >= 15 is 0 Å². The Morgan fingerprint density at radius 1 is 1.19 bits per heavy atom. The maximum absolute atomic E-state index is 12.8. The van der Waals surface area contributed by atoms with E-state index in [-0.39, 0.29) is 28.7 Å². The zero-order valence-electron chi connectivity index (χ0n) is 16.1. The molecule has 3 heterocycles. The number of likely N-dealkylation sites (tertiary alicyclic amines) is 1. The number of benzene rings is 1. The molecule has 2 bridgehead atoms. The van der Waals surface area contributed by atoms with Gasteiger partial charge < -0.3 is 0 Å². The number of hydrogen-bond donors (Lipinski definition) is 0. The van der Waals surface area contributed by atoms with Crippen LogP contribution >= 0.6 is 0 Å². The molecule has 0 unspecified atom stereocenters. The fourth-order valence-corrected chi connectivity index (χ4v) is 8.33. The van der Waals surface area contributed by atoms with Crippen LogP contribution in [0.1, 0.15) is 33.1 Å². The third-order valence-electron chi connectivity index (χ3n) is 7.60. The van der Waals surface area contributed by atoms with Gasteiger partial charge in [-0.05, 0) is 0 Å². The molecule has 3 aliphatic heterocycles. The molecule has 6 heteroatoms. The molecule has 0 spiro atoms. The monoisotopic (exact) mass is 434 g/mol. The summed E-state index contributed by atoms with van der Waals surface area (Å²) in [6.45, 7) is 4.55. The van der Waals surface area contributed by atoms with Crippen LogP contribution in [0.3, 0.4) is 0 Å². The Kier molecular flexibility index (Phi) is 3.90. The summed E-state index contributed by atoms with van der Waals surface area (Å²) in [6.07, 6.45) is 2.75. The molecular weight excluding hydrogens is 407 g/mol. The van der Waals surface area contributed by atoms with E-state index in [0.29, 0.717) is 26.9 Å². The minimum absolute atomic E-state index is 0.0576. The number of carbonyl (C=O) groups is 2. The Morgan fingerprint density at radius 3 is 2.67 bits per heavy atom. The first-order chi connectivity index (χ1) is 12.9. The average Bonchev–Trinajstić information content (AvgIpc) is 3.19. The van der Waals surface area contributed by atoms with Crippen molar-refractivity contribution in [3.63, 3.8) is 0 Å². The molecule has 4 aliphatic rings. The Labute approximate surface area is 166 Å². The van der Waals surface area contributed by atoms with Gasteiger partial charge in [-0.3, -0.25) is 0 Å². The number of imide groups is 1. The Hall–Kier alpha value is -1.20. The predicted octanol–water partition coefficient (Wildman–Crippen LogP) is 1.61. The molecule has 6 atom stereocenters. The van der Waals surface area contributed by atoms with E-state index in [1.807, 2.05) is 0 Å². The second kappa shape index (κ2) is 5.90. The van der Waals surface area contributed by atoms with Crippen LogP contribution in [0.5, 0.6) is 0 Å². The molecular formula is C21H26N2O3Se. The zero-order valence-corrected chi connectivity index (χ0v) is 17.8. The molecule has 0 N–H and O–H groups in total. The van der Waals surface area contributed by atoms with Gasteiger partial charge in [0.05, 0.1) is 0 Å². The fourth-order valence-electron chi connectivity index (χ4n) is 5.84. The number of carbonyl (C=O) groups excluding carboxylic acids is 2. The van der Waals surface area contributed by atoms with Crippen molar-refractivity contribution in [3.05, 3.63) is 30.3 Å². The van der Waals surface area contributed by atoms with Crippen molar-refractivity contribution in [3.8, 4) is 0 Å². The summed E-state index contributed by atoms with van der Waals surface area (Å²) in [6, 6.07) is 11.0. The van der Waals surface area contributed by atoms with Crippen molar-refractivity contribution in [1.29, 1.82) is 0 Å². The van der Waals surface area contributed by atoms with Gasteiger partial charge in [0.25, 0.3) is 0 Å². The molecule has 1 aromatic carbocycles. The molecule has 4 fully saturated rings. The van der Waals surface area contributed by atoms with Crippen LogP contribution in [0.25, 0.3) is 0 Å². The van der Waals surface area contributed by atoms with Crippen LogP contribution in [-0.2, 0) is 14.4 Å². The van der Waals surface area contributed by atoms with Crippen LogP contribution in [0.15, 0.2) is 30.3 Å². The number of amides is 2. The quantitative estimate of drug-likeness (QED) is 0.537. The summed E-state index contributed by atoms with van der Waals surface area (Å²) in [4.78, 5) is 32.9. The van der Waals surface area contributed by atoms with Crippen molar-refractivity contribution in [2.45, 2.75) is 56.1 Å². The molecule has 5 nitrogen and oxygen atoms in total. The Balaban J connectivity index is 1.43. The van der Waals surface area contributed by atoms with Crippen LogP contribution in [0, 0.1) is 17.3 Å². The Bertz CT molecular complexity index is 802. The van der Waals surface area contributed by atoms with E-state index in [2.05, 4.69) is 49.2 Å². The number of hydroxylamine groups is 2. The molecule has 0 radical (unpaired) electrons. The van der Waals surface area contributed by atoms with Gasteiger partial charge in [0.2, 0.25) is 0 Å². The summed E-state index contributed by atoms with van der Waals surface area (Å²) >= 11 is 0.420. The number of nitrogens with zero attached hydrogens (tertiary/aromatic N) is 2. The third-order valence-corrected chi connectivity index (χ3v) is 10.6. The number of fused-ring (bicyclic) bond motifs is 7. The molecule has 1 saturated carbocycles. The number of hydrogen-bond acceptors (Lipinski definition) is 4. The molecule has 0 aromatic heterocycles. The molecule has 2 amide bonds. The standard InChI is InChI=1S/C21H26N2O3Se/c1-20(12-27-14-7-5-4-6-8-14)10-9-13-11-15(20)23-21(13,2)16-17(26-23)19(25)22(3)18(16)24/h4-8,13,15-17H,9-12H2,1-3H3/t13-,15-,16-,17+,20-,21-/m1/s1. The molecule has 3 saturated heterocycles. The average molecular weight is 433 g/mol. The second-order valence-electron chi connectivity index (χ2n) is 9.03. The van der Waals surface area contributed by atoms with Gasteiger partial charge in [-0.15, -0.1) is 0 Å². The topological polar surface area (TPSA) is 49.9 Å². The van der Waals surface area contributed by atoms with Crippen molar-refractivity contribution in [2.75, 3.05) is 7.05 Å². The van der Waals surface area contributed by atoms with Crippen molar-refractivity contribution < 1.29 is 14.4 Å². The molecule has 27 heavy (non-hydrogen) atoms. The molecule has 5 rings (SSSR count). The maximum atomic E-state index is 12.8. The van der Waals surface area contributed by atoms with E-state index < -0.39 is 6.10 Å². The Morgan fingerprint density at radius 2 is 1.93 bits per heavy atom. The van der Waals surface area contributed by atoms with Gasteiger partial charge in [0.15, 0.2) is 0 Å². The van der Waals surface area contributed by atoms with Crippen LogP contribution in [-0.4, -0.2) is 61.5 Å². The zero-order chi connectivity index (χ0) is 19.0. The SMILES string of the molecule is CN1C(=O)[C@H]2ON3[C@@H]4C[C@@H](CC[C@]4(C)C[Se]c4ccccc4)[C@]3(C)[C@H]2C1=O. The van der Waals surface area contributed by atoms with Gasteiger partial charge in [-0.1, -0.05) is 0 Å². The summed E-state index contributed by atoms with van der Waals surface area (Å²) in [7, 11) is 1.59. The van der Waals surface area contributed by atoms with Crippen LogP contribution in [0.4, 0.5) is 0 Å². The van der Waals surface area contributed by atoms with Gasteiger partial charge in [0, 0.05) is 0 Å². The van der Waals surface area contributed by atoms with E-state index in [4.69, 9.17) is 4.84 Å². The summed E-state index contributed by atoms with van der Waals surface area (Å²) in [5, 5.41) is 3.28. The first-order valence-electron chi connectivity index (χ1n) is 9.81. The molecule has 1 aliphatic carbocycles. The van der Waals surface area contributed by atoms with E-state index in [1.54, 1.807) is 7.05 Å². The number of likely N-dealkylation sites (N-methyl/N-ethyl adjacent to an activating group) is 1. The number of rotatable bonds is 3. The van der Waals surface area contributed by atoms with Crippen LogP contribution < -0.4 is 4.46 Å². The molecule has 1 aromatic rings. The first-order valence-corrected chi connectivity index (χ1v) is 11.9. The van der Waals surface area contributed by atoms with Gasteiger partial charge >= 0.3 is 166 Å². The van der Waals surface area contributed by atoms with Gasteiger partial charge in [-0.2, -0.15) is 0 Å². The van der Waals surface area contributed by atoms with E-state index in [1.165, 1.54) is 15.8 Å². The molecule has 144 valence electrons. The fraction of sp³-hybridized carbons (Fsp3) is 0.619. The van der Waals surface area contributed by atoms with Crippen LogP contribution in [0.2, 0.25) is 5.32 Å². The minimum atomic E-state index is -0.611. The van der Waals surface area contributed by atoms with E-state index in [9.17, 15) is 9.59 Å².